The van der Waals surface area contributed by atoms with E-state index >= 15 is 0 Å². The third-order valence-electron chi connectivity index (χ3n) is 3.86. The summed E-state index contributed by atoms with van der Waals surface area (Å²) in [6.45, 7) is 4.21. The van der Waals surface area contributed by atoms with Crippen molar-refractivity contribution in [2.75, 3.05) is 32.1 Å². The van der Waals surface area contributed by atoms with Crippen LogP contribution in [-0.4, -0.2) is 32.7 Å². The second-order valence-corrected chi connectivity index (χ2v) is 5.23. The van der Waals surface area contributed by atoms with E-state index in [0.29, 0.717) is 6.61 Å². The third-order valence-corrected chi connectivity index (χ3v) is 3.86. The standard InChI is InChI=1S/C15H22N2O2.ClH/c1-12-5-3-4-6-13(12)17-14(18)15(11-19-2)7-9-16-10-8-15;/h3-6,16H,7-11H2,1-2H3,(H,17,18);1H. The molecule has 0 aliphatic carbocycles. The molecule has 1 heterocycles. The summed E-state index contributed by atoms with van der Waals surface area (Å²) in [5, 5.41) is 6.35. The second-order valence-electron chi connectivity index (χ2n) is 5.23. The average molecular weight is 299 g/mol. The van der Waals surface area contributed by atoms with Crippen LogP contribution in [0.2, 0.25) is 0 Å². The molecule has 1 fully saturated rings. The lowest BCUT2D eigenvalue weighted by atomic mass is 9.78. The first-order chi connectivity index (χ1) is 9.18. The van der Waals surface area contributed by atoms with Gasteiger partial charge in [-0.1, -0.05) is 18.2 Å². The number of carbonyl (C=O) groups is 1. The highest BCUT2D eigenvalue weighted by Crippen LogP contribution is 2.31. The minimum atomic E-state index is -0.401. The Balaban J connectivity index is 0.00000200. The highest BCUT2D eigenvalue weighted by Gasteiger charge is 2.39. The van der Waals surface area contributed by atoms with Crippen LogP contribution in [0.25, 0.3) is 0 Å². The van der Waals surface area contributed by atoms with Gasteiger partial charge in [0.1, 0.15) is 0 Å². The molecule has 1 aromatic carbocycles. The number of ether oxygens (including phenoxy) is 1. The molecule has 0 aromatic heterocycles. The highest BCUT2D eigenvalue weighted by molar-refractivity contribution is 5.96. The number of carbonyl (C=O) groups excluding carboxylic acids is 1. The molecule has 0 unspecified atom stereocenters. The molecule has 1 amide bonds. The van der Waals surface area contributed by atoms with Gasteiger partial charge in [0.05, 0.1) is 12.0 Å². The van der Waals surface area contributed by atoms with Crippen LogP contribution < -0.4 is 10.6 Å². The molecular formula is C15H23ClN2O2. The van der Waals surface area contributed by atoms with Crippen LogP contribution in [-0.2, 0) is 9.53 Å². The summed E-state index contributed by atoms with van der Waals surface area (Å²) in [4.78, 5) is 12.6. The first kappa shape index (κ1) is 17.0. The Kier molecular flexibility index (Phi) is 6.46. The van der Waals surface area contributed by atoms with Crippen molar-refractivity contribution in [3.8, 4) is 0 Å². The van der Waals surface area contributed by atoms with Gasteiger partial charge in [0.2, 0.25) is 5.91 Å². The van der Waals surface area contributed by atoms with Gasteiger partial charge < -0.3 is 15.4 Å². The summed E-state index contributed by atoms with van der Waals surface area (Å²) in [5.74, 6) is 0.0742. The van der Waals surface area contributed by atoms with Crippen LogP contribution in [0.5, 0.6) is 0 Å². The molecular weight excluding hydrogens is 276 g/mol. The van der Waals surface area contributed by atoms with Crippen molar-refractivity contribution >= 4 is 24.0 Å². The zero-order valence-electron chi connectivity index (χ0n) is 12.1. The average Bonchev–Trinajstić information content (AvgIpc) is 2.42. The van der Waals surface area contributed by atoms with Crippen molar-refractivity contribution in [2.45, 2.75) is 19.8 Å². The van der Waals surface area contributed by atoms with Crippen LogP contribution >= 0.6 is 12.4 Å². The fourth-order valence-electron chi connectivity index (χ4n) is 2.59. The summed E-state index contributed by atoms with van der Waals surface area (Å²) < 4.78 is 5.29. The summed E-state index contributed by atoms with van der Waals surface area (Å²) in [6.07, 6.45) is 1.64. The lowest BCUT2D eigenvalue weighted by Gasteiger charge is -2.35. The number of piperidine rings is 1. The predicted molar refractivity (Wildman–Crippen MR) is 83.5 cm³/mol. The lowest BCUT2D eigenvalue weighted by Crippen LogP contribution is -2.47. The maximum absolute atomic E-state index is 12.6. The topological polar surface area (TPSA) is 50.4 Å². The van der Waals surface area contributed by atoms with E-state index in [-0.39, 0.29) is 18.3 Å². The summed E-state index contributed by atoms with van der Waals surface area (Å²) >= 11 is 0. The van der Waals surface area contributed by atoms with Gasteiger partial charge in [0.15, 0.2) is 0 Å². The fraction of sp³-hybridized carbons (Fsp3) is 0.533. The van der Waals surface area contributed by atoms with Crippen LogP contribution in [0.1, 0.15) is 18.4 Å². The molecule has 1 saturated heterocycles. The Hall–Kier alpha value is -1.10. The van der Waals surface area contributed by atoms with Gasteiger partial charge in [0.25, 0.3) is 0 Å². The van der Waals surface area contributed by atoms with Gasteiger partial charge in [-0.2, -0.15) is 0 Å². The van der Waals surface area contributed by atoms with E-state index in [4.69, 9.17) is 4.74 Å². The number of hydrogen-bond donors (Lipinski definition) is 2. The van der Waals surface area contributed by atoms with Crippen LogP contribution in [0.3, 0.4) is 0 Å². The van der Waals surface area contributed by atoms with E-state index in [9.17, 15) is 4.79 Å². The molecule has 1 aromatic rings. The molecule has 0 spiro atoms. The maximum atomic E-state index is 12.6. The van der Waals surface area contributed by atoms with Crippen LogP contribution in [0.4, 0.5) is 5.69 Å². The molecule has 4 nitrogen and oxygen atoms in total. The zero-order chi connectivity index (χ0) is 13.7. The first-order valence-corrected chi connectivity index (χ1v) is 6.75. The number of hydrogen-bond acceptors (Lipinski definition) is 3. The number of rotatable bonds is 4. The van der Waals surface area contributed by atoms with E-state index < -0.39 is 5.41 Å². The number of halogens is 1. The minimum Gasteiger partial charge on any atom is -0.384 e. The molecule has 0 bridgehead atoms. The Labute approximate surface area is 126 Å². The van der Waals surface area contributed by atoms with Crippen LogP contribution in [0, 0.1) is 12.3 Å². The second kappa shape index (κ2) is 7.62. The largest absolute Gasteiger partial charge is 0.384 e. The monoisotopic (exact) mass is 298 g/mol. The molecule has 5 heteroatoms. The molecule has 112 valence electrons. The normalized spacial score (nSPS) is 17.1. The fourth-order valence-corrected chi connectivity index (χ4v) is 2.59. The zero-order valence-corrected chi connectivity index (χ0v) is 12.9. The summed E-state index contributed by atoms with van der Waals surface area (Å²) in [7, 11) is 1.66. The van der Waals surface area contributed by atoms with E-state index in [1.54, 1.807) is 7.11 Å². The predicted octanol–water partition coefficient (Wildman–Crippen LogP) is 2.37. The van der Waals surface area contributed by atoms with Gasteiger partial charge in [-0.25, -0.2) is 0 Å². The lowest BCUT2D eigenvalue weighted by molar-refractivity contribution is -0.130. The van der Waals surface area contributed by atoms with Gasteiger partial charge >= 0.3 is 0 Å². The van der Waals surface area contributed by atoms with Crippen molar-refractivity contribution in [2.24, 2.45) is 5.41 Å². The van der Waals surface area contributed by atoms with E-state index in [1.807, 2.05) is 31.2 Å². The smallest absolute Gasteiger partial charge is 0.233 e. The van der Waals surface area contributed by atoms with E-state index in [0.717, 1.165) is 37.2 Å². The van der Waals surface area contributed by atoms with Crippen molar-refractivity contribution in [1.29, 1.82) is 0 Å². The number of benzene rings is 1. The summed E-state index contributed by atoms with van der Waals surface area (Å²) in [6, 6.07) is 7.85. The van der Waals surface area contributed by atoms with Crippen LogP contribution in [0.15, 0.2) is 24.3 Å². The molecule has 2 rings (SSSR count). The minimum absolute atomic E-state index is 0. The highest BCUT2D eigenvalue weighted by atomic mass is 35.5. The molecule has 1 aliphatic rings. The van der Waals surface area contributed by atoms with Gasteiger partial charge in [-0.05, 0) is 44.5 Å². The molecule has 0 radical (unpaired) electrons. The number of anilines is 1. The van der Waals surface area contributed by atoms with E-state index in [2.05, 4.69) is 10.6 Å². The Bertz CT molecular complexity index is 440. The third kappa shape index (κ3) is 3.72. The Morgan fingerprint density at radius 2 is 2.00 bits per heavy atom. The Morgan fingerprint density at radius 3 is 2.60 bits per heavy atom. The SMILES string of the molecule is COCC1(C(=O)Nc2ccccc2C)CCNCC1.Cl. The molecule has 2 N–H and O–H groups in total. The molecule has 1 aliphatic heterocycles. The number of methoxy groups -OCH3 is 1. The quantitative estimate of drug-likeness (QED) is 0.897. The first-order valence-electron chi connectivity index (χ1n) is 6.75. The number of aryl methyl sites for hydroxylation is 1. The number of nitrogens with one attached hydrogen (secondary N) is 2. The number of amides is 1. The van der Waals surface area contributed by atoms with Crippen molar-refractivity contribution in [1.82, 2.24) is 5.32 Å². The van der Waals surface area contributed by atoms with Crippen molar-refractivity contribution < 1.29 is 9.53 Å². The van der Waals surface area contributed by atoms with Gasteiger partial charge in [-0.3, -0.25) is 4.79 Å². The molecule has 0 atom stereocenters. The summed E-state index contributed by atoms with van der Waals surface area (Å²) in [5.41, 5.74) is 1.57. The maximum Gasteiger partial charge on any atom is 0.233 e. The molecule has 0 saturated carbocycles. The van der Waals surface area contributed by atoms with Crippen molar-refractivity contribution in [3.63, 3.8) is 0 Å². The number of para-hydroxylation sites is 1. The van der Waals surface area contributed by atoms with Gasteiger partial charge in [-0.15, -0.1) is 12.4 Å². The Morgan fingerprint density at radius 1 is 1.35 bits per heavy atom. The molecule has 20 heavy (non-hydrogen) atoms. The van der Waals surface area contributed by atoms with Crippen molar-refractivity contribution in [3.05, 3.63) is 29.8 Å². The van der Waals surface area contributed by atoms with Gasteiger partial charge in [0, 0.05) is 12.8 Å². The van der Waals surface area contributed by atoms with E-state index in [1.165, 1.54) is 0 Å².